The van der Waals surface area contributed by atoms with E-state index in [9.17, 15) is 9.59 Å². The van der Waals surface area contributed by atoms with Gasteiger partial charge in [0.1, 0.15) is 0 Å². The van der Waals surface area contributed by atoms with Gasteiger partial charge >= 0.3 is 0 Å². The summed E-state index contributed by atoms with van der Waals surface area (Å²) in [6.07, 6.45) is 0.815. The van der Waals surface area contributed by atoms with Gasteiger partial charge < -0.3 is 0 Å². The molecule has 0 aliphatic carbocycles. The van der Waals surface area contributed by atoms with Crippen molar-refractivity contribution in [3.8, 4) is 0 Å². The molecule has 1 aliphatic rings. The second-order valence-electron chi connectivity index (χ2n) is 7.10. The molecule has 1 fully saturated rings. The van der Waals surface area contributed by atoms with Gasteiger partial charge in [-0.1, -0.05) is 54.6 Å². The molecule has 0 radical (unpaired) electrons. The van der Waals surface area contributed by atoms with Crippen molar-refractivity contribution in [2.75, 3.05) is 5.75 Å². The lowest BCUT2D eigenvalue weighted by atomic mass is 10.1. The average molecular weight is 407 g/mol. The molecule has 1 amide bonds. The van der Waals surface area contributed by atoms with Crippen LogP contribution in [0.25, 0.3) is 10.8 Å². The largest absolute Gasteiger partial charge is 0.282 e. The monoisotopic (exact) mass is 406 g/mol. The minimum Gasteiger partial charge on any atom is -0.282 e. The van der Waals surface area contributed by atoms with E-state index in [-0.39, 0.29) is 23.2 Å². The number of aliphatic imine (C=N–C) groups is 1. The summed E-state index contributed by atoms with van der Waals surface area (Å²) in [5, 5.41) is 6.05. The van der Waals surface area contributed by atoms with Crippen LogP contribution in [0, 0.1) is 6.92 Å². The van der Waals surface area contributed by atoms with Crippen molar-refractivity contribution in [2.45, 2.75) is 26.3 Å². The van der Waals surface area contributed by atoms with Crippen molar-refractivity contribution < 1.29 is 4.79 Å². The fourth-order valence-corrected chi connectivity index (χ4v) is 4.68. The molecule has 1 unspecified atom stereocenters. The van der Waals surface area contributed by atoms with Gasteiger partial charge in [0, 0.05) is 24.2 Å². The number of carbonyl (C=O) groups is 1. The molecule has 0 N–H and O–H groups in total. The number of amides is 1. The molecule has 0 spiro atoms. The van der Waals surface area contributed by atoms with Crippen molar-refractivity contribution in [1.82, 2.24) is 14.7 Å². The van der Waals surface area contributed by atoms with Gasteiger partial charge in [0.05, 0.1) is 11.1 Å². The summed E-state index contributed by atoms with van der Waals surface area (Å²) in [5.41, 5.74) is 2.04. The highest BCUT2D eigenvalue weighted by Gasteiger charge is 2.36. The second-order valence-corrected chi connectivity index (χ2v) is 8.09. The van der Waals surface area contributed by atoms with Crippen LogP contribution in [0.4, 0.5) is 5.69 Å². The number of amidine groups is 1. The lowest BCUT2D eigenvalue weighted by Gasteiger charge is -2.23. The summed E-state index contributed by atoms with van der Waals surface area (Å²) in [6.45, 7) is 4.09. The van der Waals surface area contributed by atoms with Crippen LogP contribution in [-0.2, 0) is 7.05 Å². The molecule has 0 bridgehead atoms. The minimum atomic E-state index is -0.223. The highest BCUT2D eigenvalue weighted by molar-refractivity contribution is 8.14. The molecule has 7 heteroatoms. The third kappa shape index (κ3) is 3.58. The number of rotatable bonds is 3. The maximum absolute atomic E-state index is 13.6. The van der Waals surface area contributed by atoms with Gasteiger partial charge in [-0.2, -0.15) is 5.10 Å². The van der Waals surface area contributed by atoms with Crippen LogP contribution in [0.15, 0.2) is 58.3 Å². The molecule has 1 saturated heterocycles. The first-order chi connectivity index (χ1) is 14.0. The van der Waals surface area contributed by atoms with E-state index in [1.54, 1.807) is 41.9 Å². The summed E-state index contributed by atoms with van der Waals surface area (Å²) < 4.78 is 1.23. The fraction of sp³-hybridized carbons (Fsp3) is 0.273. The Kier molecular flexibility index (Phi) is 5.24. The zero-order valence-electron chi connectivity index (χ0n) is 16.6. The quantitative estimate of drug-likeness (QED) is 0.662. The van der Waals surface area contributed by atoms with E-state index < -0.39 is 0 Å². The molecule has 4 rings (SSSR count). The van der Waals surface area contributed by atoms with Crippen LogP contribution in [0.2, 0.25) is 0 Å². The van der Waals surface area contributed by atoms with E-state index >= 15 is 0 Å². The Bertz CT molecular complexity index is 1170. The zero-order valence-corrected chi connectivity index (χ0v) is 17.4. The molecule has 6 nitrogen and oxygen atoms in total. The predicted octanol–water partition coefficient (Wildman–Crippen LogP) is 3.90. The SMILES string of the molecule is CCC1CSC(=Nc2ccc(C)cc2)N1C(=O)c1nn(C)c(=O)c2ccccc12. The highest BCUT2D eigenvalue weighted by atomic mass is 32.2. The predicted molar refractivity (Wildman–Crippen MR) is 118 cm³/mol. The molecule has 2 heterocycles. The Labute approximate surface area is 173 Å². The normalized spacial score (nSPS) is 18.0. The number of carbonyl (C=O) groups excluding carboxylic acids is 1. The average Bonchev–Trinajstić information content (AvgIpc) is 3.14. The first-order valence-corrected chi connectivity index (χ1v) is 10.6. The van der Waals surface area contributed by atoms with Gasteiger partial charge in [-0.05, 0) is 31.5 Å². The van der Waals surface area contributed by atoms with E-state index in [1.165, 1.54) is 4.68 Å². The number of hydrogen-bond acceptors (Lipinski definition) is 5. The second kappa shape index (κ2) is 7.83. The molecule has 1 aromatic heterocycles. The van der Waals surface area contributed by atoms with Gasteiger partial charge in [-0.3, -0.25) is 14.5 Å². The van der Waals surface area contributed by atoms with E-state index in [4.69, 9.17) is 4.99 Å². The van der Waals surface area contributed by atoms with Crippen molar-refractivity contribution in [2.24, 2.45) is 12.0 Å². The molecule has 29 heavy (non-hydrogen) atoms. The molecular formula is C22H22N4O2S. The molecule has 0 saturated carbocycles. The van der Waals surface area contributed by atoms with Crippen LogP contribution < -0.4 is 5.56 Å². The van der Waals surface area contributed by atoms with Crippen molar-refractivity contribution in [1.29, 1.82) is 0 Å². The third-order valence-electron chi connectivity index (χ3n) is 5.08. The van der Waals surface area contributed by atoms with Crippen molar-refractivity contribution in [3.05, 3.63) is 70.1 Å². The maximum atomic E-state index is 13.6. The van der Waals surface area contributed by atoms with E-state index in [1.807, 2.05) is 37.3 Å². The maximum Gasteiger partial charge on any atom is 0.281 e. The van der Waals surface area contributed by atoms with E-state index in [0.717, 1.165) is 23.4 Å². The number of aryl methyl sites for hydroxylation is 2. The Morgan fingerprint density at radius 2 is 1.86 bits per heavy atom. The Morgan fingerprint density at radius 1 is 1.17 bits per heavy atom. The smallest absolute Gasteiger partial charge is 0.281 e. The highest BCUT2D eigenvalue weighted by Crippen LogP contribution is 2.31. The molecule has 3 aromatic rings. The number of aromatic nitrogens is 2. The standard InChI is InChI=1S/C22H22N4O2S/c1-4-16-13-29-22(23-15-11-9-14(2)10-12-15)26(16)21(28)19-17-7-5-6-8-18(17)20(27)25(3)24-19/h5-12,16H,4,13H2,1-3H3. The summed E-state index contributed by atoms with van der Waals surface area (Å²) in [5.74, 6) is 0.566. The van der Waals surface area contributed by atoms with Gasteiger partial charge in [-0.25, -0.2) is 9.67 Å². The summed E-state index contributed by atoms with van der Waals surface area (Å²) in [4.78, 5) is 32.5. The molecule has 2 aromatic carbocycles. The lowest BCUT2D eigenvalue weighted by Crippen LogP contribution is -2.40. The van der Waals surface area contributed by atoms with Gasteiger partial charge in [-0.15, -0.1) is 0 Å². The number of thioether (sulfide) groups is 1. The zero-order chi connectivity index (χ0) is 20.5. The summed E-state index contributed by atoms with van der Waals surface area (Å²) in [6, 6.07) is 15.1. The van der Waals surface area contributed by atoms with Crippen LogP contribution in [0.1, 0.15) is 29.4 Å². The number of benzene rings is 2. The topological polar surface area (TPSA) is 67.6 Å². The van der Waals surface area contributed by atoms with E-state index in [0.29, 0.717) is 15.9 Å². The third-order valence-corrected chi connectivity index (χ3v) is 6.18. The minimum absolute atomic E-state index is 0.0366. The van der Waals surface area contributed by atoms with Gasteiger partial charge in [0.25, 0.3) is 11.5 Å². The van der Waals surface area contributed by atoms with E-state index in [2.05, 4.69) is 12.0 Å². The van der Waals surface area contributed by atoms with Crippen molar-refractivity contribution in [3.63, 3.8) is 0 Å². The Hall–Kier alpha value is -2.93. The van der Waals surface area contributed by atoms with Crippen LogP contribution in [0.5, 0.6) is 0 Å². The number of hydrogen-bond donors (Lipinski definition) is 0. The Balaban J connectivity index is 1.82. The molecular weight excluding hydrogens is 384 g/mol. The van der Waals surface area contributed by atoms with Crippen LogP contribution in [-0.4, -0.2) is 37.5 Å². The Morgan fingerprint density at radius 3 is 2.55 bits per heavy atom. The summed E-state index contributed by atoms with van der Waals surface area (Å²) >= 11 is 1.58. The number of fused-ring (bicyclic) bond motifs is 1. The molecule has 148 valence electrons. The first kappa shape index (κ1) is 19.4. The van der Waals surface area contributed by atoms with Gasteiger partial charge in [0.2, 0.25) is 0 Å². The first-order valence-electron chi connectivity index (χ1n) is 9.57. The van der Waals surface area contributed by atoms with Crippen molar-refractivity contribution >= 4 is 39.3 Å². The summed E-state index contributed by atoms with van der Waals surface area (Å²) in [7, 11) is 1.57. The molecule has 1 aliphatic heterocycles. The van der Waals surface area contributed by atoms with Crippen LogP contribution in [0.3, 0.4) is 0 Å². The van der Waals surface area contributed by atoms with Gasteiger partial charge in [0.15, 0.2) is 10.9 Å². The number of nitrogens with zero attached hydrogens (tertiary/aromatic N) is 4. The molecule has 1 atom stereocenters. The fourth-order valence-electron chi connectivity index (χ4n) is 3.41. The van der Waals surface area contributed by atoms with Crippen LogP contribution >= 0.6 is 11.8 Å². The lowest BCUT2D eigenvalue weighted by molar-refractivity contribution is 0.0813.